The van der Waals surface area contributed by atoms with Gasteiger partial charge in [0.05, 0.1) is 0 Å². The molecule has 3 aromatic heterocycles. The van der Waals surface area contributed by atoms with E-state index in [1.165, 1.54) is 0 Å². The Kier molecular flexibility index (Phi) is 6.09. The third-order valence-electron chi connectivity index (χ3n) is 6.53. The summed E-state index contributed by atoms with van der Waals surface area (Å²) in [5.74, 6) is 1.85. The summed E-state index contributed by atoms with van der Waals surface area (Å²) < 4.78 is 19.6. The second-order valence-electron chi connectivity index (χ2n) is 8.98. The molecule has 0 spiro atoms. The van der Waals surface area contributed by atoms with Crippen molar-refractivity contribution in [1.82, 2.24) is 15.0 Å². The highest BCUT2D eigenvalue weighted by molar-refractivity contribution is 6.40. The third-order valence-corrected chi connectivity index (χ3v) is 7.86. The van der Waals surface area contributed by atoms with E-state index in [1.54, 1.807) is 18.6 Å². The van der Waals surface area contributed by atoms with Gasteiger partial charge in [-0.2, -0.15) is 0 Å². The van der Waals surface area contributed by atoms with Crippen molar-refractivity contribution in [2.45, 2.75) is 20.8 Å². The highest BCUT2D eigenvalue weighted by Gasteiger charge is 2.46. The minimum absolute atomic E-state index is 0.617. The Bertz CT molecular complexity index is 1570. The molecular weight excluding hydrogens is 477 g/mol. The Morgan fingerprint density at radius 3 is 1.11 bits per heavy atom. The summed E-state index contributed by atoms with van der Waals surface area (Å²) in [4.78, 5) is 13.8. The van der Waals surface area contributed by atoms with Crippen molar-refractivity contribution >= 4 is 47.9 Å². The summed E-state index contributed by atoms with van der Waals surface area (Å²) in [6.45, 7) is 6.18. The zero-order chi connectivity index (χ0) is 25.4. The van der Waals surface area contributed by atoms with E-state index in [4.69, 9.17) is 11.4 Å². The van der Waals surface area contributed by atoms with Crippen LogP contribution in [-0.4, -0.2) is 30.1 Å². The molecule has 0 fully saturated rings. The van der Waals surface area contributed by atoms with Crippen molar-refractivity contribution in [1.29, 1.82) is 0 Å². The molecule has 0 saturated heterocycles. The summed E-state index contributed by atoms with van der Waals surface area (Å²) in [6, 6.07) is 23.7. The molecule has 0 aliphatic heterocycles. The molecule has 0 unspecified atom stereocenters. The van der Waals surface area contributed by atoms with E-state index in [0.29, 0.717) is 17.2 Å². The third kappa shape index (κ3) is 4.44. The molecule has 0 radical (unpaired) electrons. The van der Waals surface area contributed by atoms with Gasteiger partial charge in [0.2, 0.25) is 0 Å². The zero-order valence-corrected chi connectivity index (χ0v) is 22.0. The minimum Gasteiger partial charge on any atom is -0.576 e. The second kappa shape index (κ2) is 9.70. The average molecular weight is 502 g/mol. The molecule has 3 heterocycles. The van der Waals surface area contributed by atoms with Gasteiger partial charge in [0.25, 0.3) is 0 Å². The molecule has 0 aliphatic rings. The molecule has 7 heteroatoms. The van der Waals surface area contributed by atoms with Crippen LogP contribution in [0.3, 0.4) is 0 Å². The molecule has 6 nitrogen and oxygen atoms in total. The van der Waals surface area contributed by atoms with Crippen molar-refractivity contribution in [3.05, 3.63) is 108 Å². The molecule has 0 saturated carbocycles. The molecule has 0 amide bonds. The van der Waals surface area contributed by atoms with E-state index in [9.17, 15) is 0 Å². The van der Waals surface area contributed by atoms with Crippen LogP contribution >= 0.6 is 0 Å². The number of benzene rings is 3. The average Bonchev–Trinajstić information content (AvgIpc) is 2.90. The van der Waals surface area contributed by atoms with Gasteiger partial charge in [-0.15, -0.1) is 0 Å². The monoisotopic (exact) mass is 501 g/mol. The Morgan fingerprint density at radius 1 is 0.459 bits per heavy atom. The Balaban J connectivity index is 1.45. The zero-order valence-electron chi connectivity index (χ0n) is 20.8. The molecule has 6 rings (SSSR count). The fourth-order valence-corrected chi connectivity index (χ4v) is 5.87. The van der Waals surface area contributed by atoms with Gasteiger partial charge >= 0.3 is 15.1 Å². The van der Waals surface area contributed by atoms with Crippen molar-refractivity contribution in [2.24, 2.45) is 0 Å². The van der Waals surface area contributed by atoms with Crippen LogP contribution in [0.5, 0.6) is 17.2 Å². The first-order valence-corrected chi connectivity index (χ1v) is 13.5. The topological polar surface area (TPSA) is 66.4 Å². The van der Waals surface area contributed by atoms with Crippen LogP contribution < -0.4 is 11.4 Å². The van der Waals surface area contributed by atoms with Gasteiger partial charge in [-0.1, -0.05) is 36.4 Å². The number of nitrogens with zero attached hydrogens (tertiary/aromatic N) is 3. The quantitative estimate of drug-likeness (QED) is 0.235. The predicted octanol–water partition coefficient (Wildman–Crippen LogP) is 6.78. The van der Waals surface area contributed by atoms with Crippen molar-refractivity contribution in [2.75, 3.05) is 0 Å². The number of fused-ring (bicyclic) bond motifs is 3. The van der Waals surface area contributed by atoms with E-state index in [0.717, 1.165) is 49.4 Å². The van der Waals surface area contributed by atoms with Gasteiger partial charge in [-0.3, -0.25) is 15.0 Å². The van der Waals surface area contributed by atoms with Gasteiger partial charge < -0.3 is 11.4 Å². The molecule has 37 heavy (non-hydrogen) atoms. The number of pyridine rings is 3. The lowest BCUT2D eigenvalue weighted by atomic mass is 10.1. The van der Waals surface area contributed by atoms with Crippen molar-refractivity contribution < 1.29 is 11.4 Å². The highest BCUT2D eigenvalue weighted by Crippen LogP contribution is 2.31. The summed E-state index contributed by atoms with van der Waals surface area (Å²) in [5.41, 5.74) is 5.68. The van der Waals surface area contributed by atoms with Crippen molar-refractivity contribution in [3.8, 4) is 17.2 Å². The predicted molar refractivity (Wildman–Crippen MR) is 147 cm³/mol. The molecule has 180 valence electrons. The number of hydrogen-bond acceptors (Lipinski definition) is 6. The fraction of sp³-hybridized carbons (Fsp3) is 0.100. The van der Waals surface area contributed by atoms with Gasteiger partial charge in [0.15, 0.2) is 0 Å². The molecule has 0 aliphatic carbocycles. The Labute approximate surface area is 219 Å². The van der Waals surface area contributed by atoms with Crippen LogP contribution in [0.25, 0.3) is 32.7 Å². The molecule has 0 N–H and O–H groups in total. The minimum atomic E-state index is -2.90. The second-order valence-corrected chi connectivity index (χ2v) is 10.3. The van der Waals surface area contributed by atoms with E-state index in [1.807, 2.05) is 72.8 Å². The number of aryl methyl sites for hydroxylation is 3. The van der Waals surface area contributed by atoms with Crippen LogP contribution in [0.15, 0.2) is 91.4 Å². The largest absolute Gasteiger partial charge is 1.20 e. The smallest absolute Gasteiger partial charge is 0.576 e. The Hall–Kier alpha value is -4.18. The van der Waals surface area contributed by atoms with Crippen LogP contribution in [-0.2, 0) is 0 Å². The van der Waals surface area contributed by atoms with E-state index in [2.05, 4.69) is 35.7 Å². The fourth-order valence-electron chi connectivity index (χ4n) is 4.53. The lowest BCUT2D eigenvalue weighted by Crippen LogP contribution is -2.37. The van der Waals surface area contributed by atoms with Crippen molar-refractivity contribution in [3.63, 3.8) is 0 Å². The normalized spacial score (nSPS) is 11.1. The molecular formula is C30H24AlN3O3. The van der Waals surface area contributed by atoms with Crippen LogP contribution in [0.2, 0.25) is 0 Å². The van der Waals surface area contributed by atoms with Gasteiger partial charge in [-0.25, -0.2) is 0 Å². The first kappa shape index (κ1) is 23.2. The number of rotatable bonds is 6. The standard InChI is InChI=1S/3C10H9NO.Al/c3*1-7-5-6-11-10-8(7)3-2-4-9(10)12;/h3*2-6,12H,1H3;/q;;;+3/p-3. The van der Waals surface area contributed by atoms with Gasteiger partial charge in [-0.05, 0) is 73.9 Å². The van der Waals surface area contributed by atoms with E-state index in [-0.39, 0.29) is 0 Å². The number of aromatic nitrogens is 3. The summed E-state index contributed by atoms with van der Waals surface area (Å²) >= 11 is -2.90. The number of para-hydroxylation sites is 3. The maximum atomic E-state index is 6.53. The first-order valence-electron chi connectivity index (χ1n) is 12.1. The van der Waals surface area contributed by atoms with E-state index >= 15 is 0 Å². The summed E-state index contributed by atoms with van der Waals surface area (Å²) in [5, 5.41) is 3.08. The SMILES string of the molecule is Cc1ccnc2c([O][Al]([O]c3cccc4c(C)ccnc34)[O]c3cccc4c(C)ccnc34)cccc12. The number of hydrogen-bond donors (Lipinski definition) is 0. The van der Waals surface area contributed by atoms with Crippen LogP contribution in [0.4, 0.5) is 0 Å². The van der Waals surface area contributed by atoms with Crippen LogP contribution in [0, 0.1) is 20.8 Å². The molecule has 6 aromatic rings. The first-order chi connectivity index (χ1) is 18.1. The van der Waals surface area contributed by atoms with Crippen LogP contribution in [0.1, 0.15) is 16.7 Å². The molecule has 3 aromatic carbocycles. The maximum absolute atomic E-state index is 6.53. The van der Waals surface area contributed by atoms with Gasteiger partial charge in [0.1, 0.15) is 33.8 Å². The lowest BCUT2D eigenvalue weighted by Gasteiger charge is -2.19. The maximum Gasteiger partial charge on any atom is 1.20 e. The van der Waals surface area contributed by atoms with E-state index < -0.39 is 15.1 Å². The summed E-state index contributed by atoms with van der Waals surface area (Å²) in [6.07, 6.45) is 5.37. The summed E-state index contributed by atoms with van der Waals surface area (Å²) in [7, 11) is 0. The molecule has 0 atom stereocenters. The Morgan fingerprint density at radius 2 is 0.784 bits per heavy atom. The highest BCUT2D eigenvalue weighted by atomic mass is 27.3. The lowest BCUT2D eigenvalue weighted by molar-refractivity contribution is 0.311. The van der Waals surface area contributed by atoms with Gasteiger partial charge in [0, 0.05) is 34.7 Å². The molecule has 0 bridgehead atoms.